The van der Waals surface area contributed by atoms with Crippen LogP contribution in [0.3, 0.4) is 0 Å². The van der Waals surface area contributed by atoms with Gasteiger partial charge in [0.1, 0.15) is 5.75 Å². The first-order chi connectivity index (χ1) is 13.5. The number of rotatable bonds is 9. The van der Waals surface area contributed by atoms with Gasteiger partial charge in [0.15, 0.2) is 13.1 Å². The quantitative estimate of drug-likeness (QED) is 0.681. The van der Waals surface area contributed by atoms with Gasteiger partial charge in [-0.15, -0.1) is 0 Å². The summed E-state index contributed by atoms with van der Waals surface area (Å²) in [6.45, 7) is 0.625. The summed E-state index contributed by atoms with van der Waals surface area (Å²) in [7, 11) is 3.37. The Morgan fingerprint density at radius 2 is 1.79 bits per heavy atom. The number of amides is 2. The number of benzene rings is 2. The highest BCUT2D eigenvalue weighted by atomic mass is 16.5. The predicted octanol–water partition coefficient (Wildman–Crippen LogP) is 1.10. The summed E-state index contributed by atoms with van der Waals surface area (Å²) in [5, 5.41) is 11.7. The highest BCUT2D eigenvalue weighted by Crippen LogP contribution is 2.15. The van der Waals surface area contributed by atoms with Crippen LogP contribution in [0.1, 0.15) is 6.42 Å². The Kier molecular flexibility index (Phi) is 8.00. The van der Waals surface area contributed by atoms with Gasteiger partial charge in [-0.25, -0.2) is 0 Å². The molecule has 0 aromatic heterocycles. The van der Waals surface area contributed by atoms with E-state index >= 15 is 0 Å². The molecule has 0 radical (unpaired) electrons. The van der Waals surface area contributed by atoms with Gasteiger partial charge >= 0.3 is 0 Å². The summed E-state index contributed by atoms with van der Waals surface area (Å²) >= 11 is 0. The van der Waals surface area contributed by atoms with Gasteiger partial charge in [0.25, 0.3) is 11.8 Å². The number of nitriles is 1. The molecule has 0 aliphatic heterocycles. The van der Waals surface area contributed by atoms with Crippen LogP contribution in [0.5, 0.6) is 5.75 Å². The van der Waals surface area contributed by atoms with E-state index in [1.54, 1.807) is 43.3 Å². The lowest BCUT2D eigenvalue weighted by Crippen LogP contribution is -3.11. The van der Waals surface area contributed by atoms with Crippen LogP contribution in [0.25, 0.3) is 0 Å². The molecule has 0 bridgehead atoms. The van der Waals surface area contributed by atoms with Crippen molar-refractivity contribution in [3.63, 3.8) is 0 Å². The van der Waals surface area contributed by atoms with Crippen LogP contribution in [-0.2, 0) is 9.59 Å². The molecular weight excluding hydrogens is 356 g/mol. The molecule has 0 saturated carbocycles. The topological polar surface area (TPSA) is 86.9 Å². The van der Waals surface area contributed by atoms with E-state index in [2.05, 4.69) is 11.4 Å². The Morgan fingerprint density at radius 3 is 2.39 bits per heavy atom. The maximum absolute atomic E-state index is 12.7. The van der Waals surface area contributed by atoms with Crippen molar-refractivity contribution in [3.8, 4) is 11.8 Å². The van der Waals surface area contributed by atoms with E-state index in [0.29, 0.717) is 18.0 Å². The van der Waals surface area contributed by atoms with Crippen molar-refractivity contribution in [2.24, 2.45) is 0 Å². The smallest absolute Gasteiger partial charge is 0.282 e. The number of quaternary nitrogens is 1. The average molecular weight is 381 g/mol. The van der Waals surface area contributed by atoms with E-state index in [-0.39, 0.29) is 31.3 Å². The van der Waals surface area contributed by atoms with Gasteiger partial charge in [0, 0.05) is 17.9 Å². The molecule has 1 atom stereocenters. The number of nitrogens with zero attached hydrogens (tertiary/aromatic N) is 2. The first kappa shape index (κ1) is 20.9. The molecule has 0 fully saturated rings. The van der Waals surface area contributed by atoms with Crippen LogP contribution in [0, 0.1) is 11.3 Å². The Balaban J connectivity index is 1.91. The van der Waals surface area contributed by atoms with E-state index in [4.69, 9.17) is 10.00 Å². The lowest BCUT2D eigenvalue weighted by Gasteiger charge is -2.23. The monoisotopic (exact) mass is 381 g/mol. The highest BCUT2D eigenvalue weighted by molar-refractivity contribution is 5.94. The lowest BCUT2D eigenvalue weighted by molar-refractivity contribution is -0.862. The molecule has 7 heteroatoms. The second kappa shape index (κ2) is 10.7. The summed E-state index contributed by atoms with van der Waals surface area (Å²) in [5.74, 6) is 0.402. The zero-order valence-corrected chi connectivity index (χ0v) is 16.1. The molecule has 2 rings (SSSR count). The third-order valence-corrected chi connectivity index (χ3v) is 4.11. The third-order valence-electron chi connectivity index (χ3n) is 4.11. The van der Waals surface area contributed by atoms with E-state index < -0.39 is 0 Å². The van der Waals surface area contributed by atoms with Gasteiger partial charge < -0.3 is 19.9 Å². The number of nitrogens with one attached hydrogen (secondary N) is 2. The molecule has 1 unspecified atom stereocenters. The number of likely N-dealkylation sites (N-methyl/N-ethyl adjacent to an activating group) is 1. The number of hydrogen-bond acceptors (Lipinski definition) is 4. The second-order valence-corrected chi connectivity index (χ2v) is 6.38. The Morgan fingerprint density at radius 1 is 1.11 bits per heavy atom. The largest absolute Gasteiger partial charge is 0.497 e. The fourth-order valence-electron chi connectivity index (χ4n) is 2.74. The van der Waals surface area contributed by atoms with Gasteiger partial charge in [-0.2, -0.15) is 5.26 Å². The van der Waals surface area contributed by atoms with Gasteiger partial charge in [0.05, 0.1) is 26.6 Å². The Hall–Kier alpha value is -3.37. The number of carbonyl (C=O) groups is 2. The minimum atomic E-state index is -0.182. The Bertz CT molecular complexity index is 816. The minimum absolute atomic E-state index is 0.129. The van der Waals surface area contributed by atoms with Crippen molar-refractivity contribution in [1.82, 2.24) is 0 Å². The molecule has 2 aromatic carbocycles. The van der Waals surface area contributed by atoms with Crippen molar-refractivity contribution in [1.29, 1.82) is 5.26 Å². The summed E-state index contributed by atoms with van der Waals surface area (Å²) < 4.78 is 5.09. The van der Waals surface area contributed by atoms with Crippen LogP contribution in [-0.4, -0.2) is 45.6 Å². The van der Waals surface area contributed by atoms with Crippen LogP contribution in [0.15, 0.2) is 54.6 Å². The number of para-hydroxylation sites is 1. The van der Waals surface area contributed by atoms with Crippen LogP contribution >= 0.6 is 0 Å². The molecule has 2 amide bonds. The first-order valence-corrected chi connectivity index (χ1v) is 9.01. The van der Waals surface area contributed by atoms with Crippen LogP contribution < -0.4 is 19.9 Å². The zero-order chi connectivity index (χ0) is 20.4. The molecule has 0 spiro atoms. The molecule has 7 nitrogen and oxygen atoms in total. The molecule has 0 heterocycles. The lowest BCUT2D eigenvalue weighted by atomic mass is 10.2. The van der Waals surface area contributed by atoms with Crippen molar-refractivity contribution in [2.45, 2.75) is 6.42 Å². The maximum Gasteiger partial charge on any atom is 0.282 e. The van der Waals surface area contributed by atoms with Gasteiger partial charge in [-0.05, 0) is 36.4 Å². The summed E-state index contributed by atoms with van der Waals surface area (Å²) in [6.07, 6.45) is 0.248. The third kappa shape index (κ3) is 6.41. The molecular formula is C21H25N4O3+. The highest BCUT2D eigenvalue weighted by Gasteiger charge is 2.21. The standard InChI is InChI=1S/C21H24N4O3/c1-24(15-20(26)23-17-9-11-19(28-2)12-10-17)16-21(27)25(14-6-13-22)18-7-4-3-5-8-18/h3-5,7-12H,6,14-16H2,1-2H3,(H,23,26)/p+1. The average Bonchev–Trinajstić information content (AvgIpc) is 2.69. The maximum atomic E-state index is 12.7. The van der Waals surface area contributed by atoms with Gasteiger partial charge in [-0.3, -0.25) is 9.59 Å². The van der Waals surface area contributed by atoms with E-state index in [0.717, 1.165) is 10.6 Å². The first-order valence-electron chi connectivity index (χ1n) is 9.01. The molecule has 0 aliphatic rings. The molecule has 2 N–H and O–H groups in total. The molecule has 146 valence electrons. The molecule has 0 saturated heterocycles. The summed E-state index contributed by atoms with van der Waals surface area (Å²) in [4.78, 5) is 27.3. The molecule has 2 aromatic rings. The number of anilines is 2. The fraction of sp³-hybridized carbons (Fsp3) is 0.286. The second-order valence-electron chi connectivity index (χ2n) is 6.38. The number of carbonyl (C=O) groups excluding carboxylic acids is 2. The van der Waals surface area contributed by atoms with E-state index in [9.17, 15) is 9.59 Å². The fourth-order valence-corrected chi connectivity index (χ4v) is 2.74. The molecule has 0 aliphatic carbocycles. The van der Waals surface area contributed by atoms with Crippen LogP contribution in [0.4, 0.5) is 11.4 Å². The SMILES string of the molecule is COc1ccc(NC(=O)C[NH+](C)CC(=O)N(CCC#N)c2ccccc2)cc1. The van der Waals surface area contributed by atoms with Gasteiger partial charge in [-0.1, -0.05) is 18.2 Å². The van der Waals surface area contributed by atoms with Crippen molar-refractivity contribution < 1.29 is 19.2 Å². The summed E-state index contributed by atoms with van der Waals surface area (Å²) in [6, 6.07) is 18.4. The number of hydrogen-bond donors (Lipinski definition) is 2. The van der Waals surface area contributed by atoms with Crippen molar-refractivity contribution >= 4 is 23.2 Å². The van der Waals surface area contributed by atoms with Crippen molar-refractivity contribution in [2.75, 3.05) is 44.0 Å². The minimum Gasteiger partial charge on any atom is -0.497 e. The molecule has 28 heavy (non-hydrogen) atoms. The van der Waals surface area contributed by atoms with Gasteiger partial charge in [0.2, 0.25) is 0 Å². The van der Waals surface area contributed by atoms with Crippen LogP contribution in [0.2, 0.25) is 0 Å². The number of methoxy groups -OCH3 is 1. The van der Waals surface area contributed by atoms with Crippen molar-refractivity contribution in [3.05, 3.63) is 54.6 Å². The van der Waals surface area contributed by atoms with E-state index in [1.165, 1.54) is 0 Å². The zero-order valence-electron chi connectivity index (χ0n) is 16.1. The normalized spacial score (nSPS) is 11.2. The van der Waals surface area contributed by atoms with E-state index in [1.807, 2.05) is 30.3 Å². The number of ether oxygens (including phenoxy) is 1. The predicted molar refractivity (Wildman–Crippen MR) is 107 cm³/mol. The summed E-state index contributed by atoms with van der Waals surface area (Å²) in [5.41, 5.74) is 1.42. The Labute approximate surface area is 165 Å².